The molecule has 0 aromatic rings. The summed E-state index contributed by atoms with van der Waals surface area (Å²) in [5, 5.41) is 3.10. The molecule has 0 radical (unpaired) electrons. The largest absolute Gasteiger partial charge is 0.465 e. The zero-order chi connectivity index (χ0) is 15.0. The van der Waals surface area contributed by atoms with Crippen LogP contribution >= 0.6 is 0 Å². The average molecular weight is 286 g/mol. The third-order valence-electron chi connectivity index (χ3n) is 4.22. The lowest BCUT2D eigenvalue weighted by atomic mass is 9.95. The van der Waals surface area contributed by atoms with E-state index in [1.807, 2.05) is 20.9 Å². The second-order valence-electron chi connectivity index (χ2n) is 5.71. The molecule has 1 fully saturated rings. The number of piperidine rings is 1. The second kappa shape index (κ2) is 8.60. The highest BCUT2D eigenvalue weighted by Gasteiger charge is 2.32. The number of nitrogens with one attached hydrogen (secondary N) is 1. The monoisotopic (exact) mass is 286 g/mol. The highest BCUT2D eigenvalue weighted by molar-refractivity contribution is 5.80. The summed E-state index contributed by atoms with van der Waals surface area (Å²) in [7, 11) is 3.60. The van der Waals surface area contributed by atoms with Gasteiger partial charge in [0.2, 0.25) is 0 Å². The molecule has 1 rings (SSSR count). The summed E-state index contributed by atoms with van der Waals surface area (Å²) in [4.78, 5) is 14.4. The van der Waals surface area contributed by atoms with Crippen molar-refractivity contribution in [1.82, 2.24) is 10.2 Å². The number of carbonyl (C=O) groups is 1. The minimum absolute atomic E-state index is 0.157. The summed E-state index contributed by atoms with van der Waals surface area (Å²) in [5.41, 5.74) is -0.577. The fourth-order valence-electron chi connectivity index (χ4n) is 2.68. The maximum Gasteiger partial charge on any atom is 0.326 e. The molecule has 118 valence electrons. The van der Waals surface area contributed by atoms with Crippen molar-refractivity contribution in [1.29, 1.82) is 0 Å². The third kappa shape index (κ3) is 5.04. The first-order valence-corrected chi connectivity index (χ1v) is 7.67. The van der Waals surface area contributed by atoms with Gasteiger partial charge in [0.1, 0.15) is 5.54 Å². The lowest BCUT2D eigenvalue weighted by molar-refractivity contribution is -0.150. The number of likely N-dealkylation sites (N-methyl/N-ethyl adjacent to an activating group) is 1. The van der Waals surface area contributed by atoms with Gasteiger partial charge < -0.3 is 19.7 Å². The number of esters is 1. The Hall–Kier alpha value is -0.650. The van der Waals surface area contributed by atoms with Crippen LogP contribution in [0.25, 0.3) is 0 Å². The first-order valence-electron chi connectivity index (χ1n) is 7.67. The van der Waals surface area contributed by atoms with Gasteiger partial charge in [0.05, 0.1) is 12.7 Å². The van der Waals surface area contributed by atoms with E-state index in [0.29, 0.717) is 12.7 Å². The summed E-state index contributed by atoms with van der Waals surface area (Å²) in [6.45, 7) is 7.34. The SMILES string of the molecule is CCOC(=O)C(C)(CCCN1CCCC(OC)C1)NC. The molecule has 0 saturated carbocycles. The summed E-state index contributed by atoms with van der Waals surface area (Å²) in [5.74, 6) is -0.157. The van der Waals surface area contributed by atoms with E-state index in [1.54, 1.807) is 7.11 Å². The number of nitrogens with zero attached hydrogens (tertiary/aromatic N) is 1. The summed E-state index contributed by atoms with van der Waals surface area (Å²) in [6, 6.07) is 0. The number of hydrogen-bond donors (Lipinski definition) is 1. The smallest absolute Gasteiger partial charge is 0.326 e. The van der Waals surface area contributed by atoms with E-state index in [9.17, 15) is 4.79 Å². The van der Waals surface area contributed by atoms with Gasteiger partial charge >= 0.3 is 5.97 Å². The normalized spacial score (nSPS) is 23.3. The fraction of sp³-hybridized carbons (Fsp3) is 0.933. The van der Waals surface area contributed by atoms with E-state index in [-0.39, 0.29) is 5.97 Å². The highest BCUT2D eigenvalue weighted by atomic mass is 16.5. The molecule has 0 aliphatic carbocycles. The molecule has 5 nitrogen and oxygen atoms in total. The average Bonchev–Trinajstić information content (AvgIpc) is 2.47. The minimum atomic E-state index is -0.577. The molecule has 0 aromatic carbocycles. The Morgan fingerprint density at radius 3 is 2.85 bits per heavy atom. The van der Waals surface area contributed by atoms with Crippen LogP contribution in [0.1, 0.15) is 39.5 Å². The minimum Gasteiger partial charge on any atom is -0.465 e. The Bertz CT molecular complexity index is 299. The van der Waals surface area contributed by atoms with Crippen LogP contribution in [-0.4, -0.2) is 62.9 Å². The number of methoxy groups -OCH3 is 1. The molecule has 1 aliphatic rings. The van der Waals surface area contributed by atoms with Crippen molar-refractivity contribution in [2.75, 3.05) is 40.4 Å². The zero-order valence-electron chi connectivity index (χ0n) is 13.4. The van der Waals surface area contributed by atoms with Gasteiger partial charge in [0, 0.05) is 13.7 Å². The van der Waals surface area contributed by atoms with Gasteiger partial charge in [-0.15, -0.1) is 0 Å². The molecule has 0 aromatic heterocycles. The lowest BCUT2D eigenvalue weighted by Gasteiger charge is -2.33. The molecule has 0 spiro atoms. The first-order chi connectivity index (χ1) is 9.55. The van der Waals surface area contributed by atoms with Gasteiger partial charge in [-0.05, 0) is 59.7 Å². The molecular weight excluding hydrogens is 256 g/mol. The Morgan fingerprint density at radius 1 is 1.50 bits per heavy atom. The van der Waals surface area contributed by atoms with Gasteiger partial charge in [-0.1, -0.05) is 0 Å². The van der Waals surface area contributed by atoms with Crippen molar-refractivity contribution in [2.45, 2.75) is 51.2 Å². The van der Waals surface area contributed by atoms with Crippen LogP contribution in [0.5, 0.6) is 0 Å². The maximum absolute atomic E-state index is 12.0. The molecule has 5 heteroatoms. The van der Waals surface area contributed by atoms with Crippen molar-refractivity contribution < 1.29 is 14.3 Å². The molecule has 1 aliphatic heterocycles. The fourth-order valence-corrected chi connectivity index (χ4v) is 2.68. The predicted molar refractivity (Wildman–Crippen MR) is 79.8 cm³/mol. The molecule has 1 N–H and O–H groups in total. The van der Waals surface area contributed by atoms with E-state index in [0.717, 1.165) is 38.9 Å². The van der Waals surface area contributed by atoms with E-state index < -0.39 is 5.54 Å². The molecule has 0 bridgehead atoms. The van der Waals surface area contributed by atoms with Crippen LogP contribution in [0.15, 0.2) is 0 Å². The number of likely N-dealkylation sites (tertiary alicyclic amines) is 1. The quantitative estimate of drug-likeness (QED) is 0.684. The van der Waals surface area contributed by atoms with Crippen molar-refractivity contribution >= 4 is 5.97 Å². The van der Waals surface area contributed by atoms with Crippen LogP contribution in [0.3, 0.4) is 0 Å². The molecule has 1 saturated heterocycles. The van der Waals surface area contributed by atoms with E-state index in [1.165, 1.54) is 6.42 Å². The van der Waals surface area contributed by atoms with Crippen molar-refractivity contribution in [3.05, 3.63) is 0 Å². The molecule has 2 unspecified atom stereocenters. The molecule has 1 heterocycles. The zero-order valence-corrected chi connectivity index (χ0v) is 13.4. The number of ether oxygens (including phenoxy) is 2. The molecule has 2 atom stereocenters. The van der Waals surface area contributed by atoms with Crippen molar-refractivity contribution in [3.63, 3.8) is 0 Å². The Labute approximate surface area is 123 Å². The van der Waals surface area contributed by atoms with Crippen LogP contribution < -0.4 is 5.32 Å². The predicted octanol–water partition coefficient (Wildman–Crippen LogP) is 1.42. The molecule has 0 amide bonds. The second-order valence-corrected chi connectivity index (χ2v) is 5.71. The van der Waals surface area contributed by atoms with Gasteiger partial charge in [0.25, 0.3) is 0 Å². The van der Waals surface area contributed by atoms with Crippen molar-refractivity contribution in [2.24, 2.45) is 0 Å². The lowest BCUT2D eigenvalue weighted by Crippen LogP contribution is -2.49. The Kier molecular flexibility index (Phi) is 7.48. The molecular formula is C15H30N2O3. The topological polar surface area (TPSA) is 50.8 Å². The summed E-state index contributed by atoms with van der Waals surface area (Å²) >= 11 is 0. The van der Waals surface area contributed by atoms with Crippen molar-refractivity contribution in [3.8, 4) is 0 Å². The summed E-state index contributed by atoms with van der Waals surface area (Å²) in [6.07, 6.45) is 4.48. The van der Waals surface area contributed by atoms with Crippen LogP contribution in [0.2, 0.25) is 0 Å². The highest BCUT2D eigenvalue weighted by Crippen LogP contribution is 2.17. The van der Waals surface area contributed by atoms with Gasteiger partial charge in [-0.3, -0.25) is 4.79 Å². The van der Waals surface area contributed by atoms with Gasteiger partial charge in [0.15, 0.2) is 0 Å². The van der Waals surface area contributed by atoms with Crippen LogP contribution in [0.4, 0.5) is 0 Å². The Balaban J connectivity index is 2.35. The standard InChI is InChI=1S/C15H30N2O3/c1-5-20-14(18)15(2,16-3)9-7-11-17-10-6-8-13(12-17)19-4/h13,16H,5-12H2,1-4H3. The van der Waals surface area contributed by atoms with Gasteiger partial charge in [-0.25, -0.2) is 0 Å². The maximum atomic E-state index is 12.0. The van der Waals surface area contributed by atoms with Crippen LogP contribution in [0, 0.1) is 0 Å². The summed E-state index contributed by atoms with van der Waals surface area (Å²) < 4.78 is 10.6. The molecule has 20 heavy (non-hydrogen) atoms. The third-order valence-corrected chi connectivity index (χ3v) is 4.22. The number of carbonyl (C=O) groups excluding carboxylic acids is 1. The Morgan fingerprint density at radius 2 is 2.25 bits per heavy atom. The van der Waals surface area contributed by atoms with E-state index >= 15 is 0 Å². The number of rotatable bonds is 8. The van der Waals surface area contributed by atoms with E-state index in [2.05, 4.69) is 10.2 Å². The van der Waals surface area contributed by atoms with Gasteiger partial charge in [-0.2, -0.15) is 0 Å². The van der Waals surface area contributed by atoms with E-state index in [4.69, 9.17) is 9.47 Å². The first kappa shape index (κ1) is 17.4. The van der Waals surface area contributed by atoms with Crippen LogP contribution in [-0.2, 0) is 14.3 Å². The number of hydrogen-bond acceptors (Lipinski definition) is 5.